The molecule has 1 aliphatic rings. The molecular formula is C15H23N3O4. The van der Waals surface area contributed by atoms with Crippen molar-refractivity contribution < 1.29 is 19.2 Å². The molecule has 7 nitrogen and oxygen atoms in total. The van der Waals surface area contributed by atoms with E-state index >= 15 is 0 Å². The molecule has 0 saturated heterocycles. The van der Waals surface area contributed by atoms with Crippen molar-refractivity contribution in [1.29, 1.82) is 0 Å². The van der Waals surface area contributed by atoms with E-state index in [1.54, 1.807) is 0 Å². The van der Waals surface area contributed by atoms with Crippen LogP contribution in [0.5, 0.6) is 0 Å². The molecule has 0 unspecified atom stereocenters. The van der Waals surface area contributed by atoms with E-state index in [4.69, 9.17) is 9.63 Å². The van der Waals surface area contributed by atoms with Crippen LogP contribution in [0.25, 0.3) is 0 Å². The number of amides is 1. The standard InChI is InChI=1S/C15H23N3O4/c1-10(2)8-18(9-14(20)21)13(19)5-3-4-12-16-15(17-22-12)11-6-7-11/h10-11H,3-9H2,1-2H3,(H,20,21). The van der Waals surface area contributed by atoms with E-state index in [-0.39, 0.29) is 18.4 Å². The zero-order chi connectivity index (χ0) is 16.1. The van der Waals surface area contributed by atoms with Gasteiger partial charge in [0, 0.05) is 25.3 Å². The highest BCUT2D eigenvalue weighted by molar-refractivity contribution is 5.81. The van der Waals surface area contributed by atoms with Gasteiger partial charge in [0.05, 0.1) is 0 Å². The fourth-order valence-corrected chi connectivity index (χ4v) is 2.28. The number of carbonyl (C=O) groups is 2. The monoisotopic (exact) mass is 309 g/mol. The molecule has 122 valence electrons. The number of rotatable bonds is 9. The normalized spacial score (nSPS) is 14.3. The van der Waals surface area contributed by atoms with Crippen molar-refractivity contribution in [3.05, 3.63) is 11.7 Å². The predicted octanol–water partition coefficient (Wildman–Crippen LogP) is 1.84. The third-order valence-corrected chi connectivity index (χ3v) is 3.47. The first kappa shape index (κ1) is 16.5. The van der Waals surface area contributed by atoms with Gasteiger partial charge in [-0.1, -0.05) is 19.0 Å². The van der Waals surface area contributed by atoms with Gasteiger partial charge in [0.1, 0.15) is 6.54 Å². The number of hydrogen-bond acceptors (Lipinski definition) is 5. The van der Waals surface area contributed by atoms with Gasteiger partial charge in [-0.05, 0) is 25.2 Å². The van der Waals surface area contributed by atoms with E-state index in [2.05, 4.69) is 10.1 Å². The van der Waals surface area contributed by atoms with Gasteiger partial charge >= 0.3 is 5.97 Å². The topological polar surface area (TPSA) is 96.5 Å². The van der Waals surface area contributed by atoms with Crippen LogP contribution in [0, 0.1) is 5.92 Å². The van der Waals surface area contributed by atoms with Crippen LogP contribution in [0.1, 0.15) is 57.2 Å². The molecule has 1 N–H and O–H groups in total. The van der Waals surface area contributed by atoms with E-state index < -0.39 is 5.97 Å². The van der Waals surface area contributed by atoms with Crippen molar-refractivity contribution in [2.24, 2.45) is 5.92 Å². The van der Waals surface area contributed by atoms with Crippen LogP contribution < -0.4 is 0 Å². The molecule has 22 heavy (non-hydrogen) atoms. The Balaban J connectivity index is 1.77. The summed E-state index contributed by atoms with van der Waals surface area (Å²) >= 11 is 0. The molecule has 0 aromatic carbocycles. The SMILES string of the molecule is CC(C)CN(CC(=O)O)C(=O)CCCc1nc(C2CC2)no1. The summed E-state index contributed by atoms with van der Waals surface area (Å²) in [6.45, 7) is 4.13. The predicted molar refractivity (Wildman–Crippen MR) is 78.3 cm³/mol. The maximum atomic E-state index is 12.1. The fourth-order valence-electron chi connectivity index (χ4n) is 2.28. The zero-order valence-electron chi connectivity index (χ0n) is 13.1. The first-order chi connectivity index (χ1) is 10.5. The average Bonchev–Trinajstić information content (AvgIpc) is 3.17. The smallest absolute Gasteiger partial charge is 0.323 e. The van der Waals surface area contributed by atoms with Crippen LogP contribution in [0.3, 0.4) is 0 Å². The lowest BCUT2D eigenvalue weighted by atomic mass is 10.1. The molecular weight excluding hydrogens is 286 g/mol. The summed E-state index contributed by atoms with van der Waals surface area (Å²) in [5.41, 5.74) is 0. The average molecular weight is 309 g/mol. The van der Waals surface area contributed by atoms with Crippen LogP contribution >= 0.6 is 0 Å². The lowest BCUT2D eigenvalue weighted by Gasteiger charge is -2.22. The largest absolute Gasteiger partial charge is 0.480 e. The Labute approximate surface area is 129 Å². The van der Waals surface area contributed by atoms with Crippen LogP contribution in [0.4, 0.5) is 0 Å². The van der Waals surface area contributed by atoms with Crippen molar-refractivity contribution in [3.63, 3.8) is 0 Å². The summed E-state index contributed by atoms with van der Waals surface area (Å²) in [7, 11) is 0. The molecule has 1 aromatic rings. The van der Waals surface area contributed by atoms with E-state index in [1.807, 2.05) is 13.8 Å². The molecule has 2 rings (SSSR count). The highest BCUT2D eigenvalue weighted by Crippen LogP contribution is 2.38. The molecule has 1 aromatic heterocycles. The molecule has 0 aliphatic heterocycles. The van der Waals surface area contributed by atoms with E-state index in [9.17, 15) is 9.59 Å². The van der Waals surface area contributed by atoms with Crippen LogP contribution in [0.2, 0.25) is 0 Å². The molecule has 1 aliphatic carbocycles. The number of carbonyl (C=O) groups excluding carboxylic acids is 1. The third kappa shape index (κ3) is 5.13. The number of carboxylic acid groups (broad SMARTS) is 1. The maximum Gasteiger partial charge on any atom is 0.323 e. The summed E-state index contributed by atoms with van der Waals surface area (Å²) in [6, 6.07) is 0. The zero-order valence-corrected chi connectivity index (χ0v) is 13.1. The fraction of sp³-hybridized carbons (Fsp3) is 0.733. The molecule has 0 spiro atoms. The molecule has 7 heteroatoms. The van der Waals surface area contributed by atoms with Crippen LogP contribution in [0.15, 0.2) is 4.52 Å². The van der Waals surface area contributed by atoms with Crippen molar-refractivity contribution in [2.45, 2.75) is 51.9 Å². The Bertz CT molecular complexity index is 523. The number of aryl methyl sites for hydroxylation is 1. The molecule has 1 amide bonds. The minimum absolute atomic E-state index is 0.141. The van der Waals surface area contributed by atoms with Gasteiger partial charge in [0.25, 0.3) is 0 Å². The number of aliphatic carboxylic acids is 1. The summed E-state index contributed by atoms with van der Waals surface area (Å²) < 4.78 is 5.16. The highest BCUT2D eigenvalue weighted by atomic mass is 16.5. The first-order valence-electron chi connectivity index (χ1n) is 7.77. The van der Waals surface area contributed by atoms with Gasteiger partial charge < -0.3 is 14.5 Å². The van der Waals surface area contributed by atoms with Gasteiger partial charge in [-0.15, -0.1) is 0 Å². The summed E-state index contributed by atoms with van der Waals surface area (Å²) in [5.74, 6) is 0.895. The molecule has 0 atom stereocenters. The number of carboxylic acids is 1. The highest BCUT2D eigenvalue weighted by Gasteiger charge is 2.28. The number of aromatic nitrogens is 2. The van der Waals surface area contributed by atoms with Crippen molar-refractivity contribution in [2.75, 3.05) is 13.1 Å². The second-order valence-electron chi connectivity index (χ2n) is 6.24. The Morgan fingerprint density at radius 1 is 1.41 bits per heavy atom. The quantitative estimate of drug-likeness (QED) is 0.747. The Kier molecular flexibility index (Phi) is 5.51. The molecule has 1 heterocycles. The van der Waals surface area contributed by atoms with Gasteiger partial charge in [-0.3, -0.25) is 9.59 Å². The van der Waals surface area contributed by atoms with Crippen molar-refractivity contribution in [1.82, 2.24) is 15.0 Å². The van der Waals surface area contributed by atoms with Crippen LogP contribution in [-0.2, 0) is 16.0 Å². The van der Waals surface area contributed by atoms with Crippen LogP contribution in [-0.4, -0.2) is 45.1 Å². The molecule has 1 saturated carbocycles. The Hall–Kier alpha value is -1.92. The lowest BCUT2D eigenvalue weighted by Crippen LogP contribution is -2.38. The van der Waals surface area contributed by atoms with Crippen molar-refractivity contribution in [3.8, 4) is 0 Å². The van der Waals surface area contributed by atoms with E-state index in [1.165, 1.54) is 4.90 Å². The lowest BCUT2D eigenvalue weighted by molar-refractivity contribution is -0.144. The minimum Gasteiger partial charge on any atom is -0.480 e. The van der Waals surface area contributed by atoms with Gasteiger partial charge in [0.2, 0.25) is 11.8 Å². The first-order valence-corrected chi connectivity index (χ1v) is 7.77. The van der Waals surface area contributed by atoms with Gasteiger partial charge in [0.15, 0.2) is 5.82 Å². The minimum atomic E-state index is -0.986. The summed E-state index contributed by atoms with van der Waals surface area (Å²) in [4.78, 5) is 28.7. The summed E-state index contributed by atoms with van der Waals surface area (Å²) in [5, 5.41) is 12.8. The van der Waals surface area contributed by atoms with Gasteiger partial charge in [-0.2, -0.15) is 4.98 Å². The third-order valence-electron chi connectivity index (χ3n) is 3.47. The van der Waals surface area contributed by atoms with Gasteiger partial charge in [-0.25, -0.2) is 0 Å². The Morgan fingerprint density at radius 3 is 2.73 bits per heavy atom. The van der Waals surface area contributed by atoms with E-state index in [0.717, 1.165) is 18.7 Å². The van der Waals surface area contributed by atoms with Crippen molar-refractivity contribution >= 4 is 11.9 Å². The molecule has 0 radical (unpaired) electrons. The van der Waals surface area contributed by atoms with E-state index in [0.29, 0.717) is 37.6 Å². The summed E-state index contributed by atoms with van der Waals surface area (Å²) in [6.07, 6.45) is 3.67. The Morgan fingerprint density at radius 2 is 2.14 bits per heavy atom. The maximum absolute atomic E-state index is 12.1. The number of hydrogen-bond donors (Lipinski definition) is 1. The number of nitrogens with zero attached hydrogens (tertiary/aromatic N) is 3. The second-order valence-corrected chi connectivity index (χ2v) is 6.24. The molecule has 0 bridgehead atoms. The molecule has 1 fully saturated rings. The second kappa shape index (κ2) is 7.38.